The number of oxime groups is 1. The highest BCUT2D eigenvalue weighted by Gasteiger charge is 2.39. The average molecular weight is 349 g/mol. The minimum atomic E-state index is -5.06. The molecular weight excluding hydrogens is 339 g/mol. The number of aromatic nitrogens is 1. The van der Waals surface area contributed by atoms with Gasteiger partial charge in [0, 0.05) is 11.8 Å². The van der Waals surface area contributed by atoms with Gasteiger partial charge in [0.05, 0.1) is 0 Å². The lowest BCUT2D eigenvalue weighted by Crippen LogP contribution is -2.29. The molecule has 1 aliphatic carbocycles. The Morgan fingerprint density at radius 3 is 2.74 bits per heavy atom. The Kier molecular flexibility index (Phi) is 4.98. The molecule has 1 aliphatic rings. The molecule has 11 heteroatoms. The smallest absolute Gasteiger partial charge is 0.471 e. The summed E-state index contributed by atoms with van der Waals surface area (Å²) in [4.78, 5) is 30.6. The van der Waals surface area contributed by atoms with Crippen molar-refractivity contribution in [1.82, 2.24) is 4.98 Å². The monoisotopic (exact) mass is 349 g/mol. The third kappa shape index (κ3) is 4.52. The van der Waals surface area contributed by atoms with E-state index in [-0.39, 0.29) is 5.69 Å². The van der Waals surface area contributed by atoms with Crippen LogP contribution >= 0.6 is 11.3 Å². The molecule has 0 atom stereocenters. The number of hydrogen-bond donors (Lipinski definition) is 2. The molecule has 1 amide bonds. The molecule has 2 rings (SSSR count). The van der Waals surface area contributed by atoms with E-state index in [1.807, 2.05) is 0 Å². The van der Waals surface area contributed by atoms with Crippen LogP contribution < -0.4 is 5.32 Å². The van der Waals surface area contributed by atoms with Gasteiger partial charge >= 0.3 is 18.1 Å². The van der Waals surface area contributed by atoms with Gasteiger partial charge in [-0.2, -0.15) is 13.2 Å². The van der Waals surface area contributed by atoms with Crippen LogP contribution in [0.4, 0.5) is 18.3 Å². The van der Waals surface area contributed by atoms with Crippen molar-refractivity contribution in [2.45, 2.75) is 25.4 Å². The Balaban J connectivity index is 2.13. The summed E-state index contributed by atoms with van der Waals surface area (Å²) >= 11 is 0.640. The normalized spacial score (nSPS) is 15.3. The first-order valence-corrected chi connectivity index (χ1v) is 7.16. The minimum absolute atomic E-state index is 0.210. The van der Waals surface area contributed by atoms with Gasteiger partial charge in [0.25, 0.3) is 0 Å². The fraction of sp³-hybridized carbons (Fsp3) is 0.333. The van der Waals surface area contributed by atoms with E-state index in [0.29, 0.717) is 23.5 Å². The van der Waals surface area contributed by atoms with Gasteiger partial charge < -0.3 is 9.94 Å². The SMILES string of the molecule is O=C(O)C(=NOC1=CCCC1)c1csc(NC(=O)C(F)(F)F)n1. The molecule has 1 aromatic heterocycles. The summed E-state index contributed by atoms with van der Waals surface area (Å²) in [6.07, 6.45) is -0.998. The standard InChI is InChI=1S/C12H10F3N3O4S/c13-12(14,15)10(21)17-11-16-7(5-23-11)8(9(19)20)18-22-6-3-1-2-4-6/h3,5H,1-2,4H2,(H,19,20)(H,16,17,21). The number of nitrogens with zero attached hydrogens (tertiary/aromatic N) is 2. The van der Waals surface area contributed by atoms with Crippen molar-refractivity contribution in [2.75, 3.05) is 5.32 Å². The summed E-state index contributed by atoms with van der Waals surface area (Å²) in [5.41, 5.74) is -0.778. The second-order valence-corrected chi connectivity index (χ2v) is 5.25. The predicted octanol–water partition coefficient (Wildman–Crippen LogP) is 2.52. The number of carbonyl (C=O) groups is 2. The molecule has 0 saturated carbocycles. The van der Waals surface area contributed by atoms with Crippen molar-refractivity contribution in [3.63, 3.8) is 0 Å². The molecule has 0 radical (unpaired) electrons. The van der Waals surface area contributed by atoms with Crippen LogP contribution in [0.15, 0.2) is 22.4 Å². The number of carboxylic acid groups (broad SMARTS) is 1. The zero-order chi connectivity index (χ0) is 17.0. The molecule has 0 aromatic carbocycles. The first-order valence-electron chi connectivity index (χ1n) is 6.29. The molecule has 2 N–H and O–H groups in total. The van der Waals surface area contributed by atoms with Gasteiger partial charge in [-0.15, -0.1) is 11.3 Å². The van der Waals surface area contributed by atoms with Crippen LogP contribution in [0.3, 0.4) is 0 Å². The molecule has 1 heterocycles. The summed E-state index contributed by atoms with van der Waals surface area (Å²) in [5.74, 6) is -3.13. The van der Waals surface area contributed by atoms with E-state index in [1.165, 1.54) is 5.32 Å². The predicted molar refractivity (Wildman–Crippen MR) is 74.0 cm³/mol. The van der Waals surface area contributed by atoms with Crippen LogP contribution in [0.1, 0.15) is 25.0 Å². The number of thiazole rings is 1. The van der Waals surface area contributed by atoms with Crippen molar-refractivity contribution < 1.29 is 32.7 Å². The third-order valence-corrected chi connectivity index (χ3v) is 3.44. The molecule has 0 saturated heterocycles. The number of anilines is 1. The Hall–Kier alpha value is -2.43. The number of allylic oxidation sites excluding steroid dienone is 2. The number of halogens is 3. The van der Waals surface area contributed by atoms with Gasteiger partial charge in [-0.05, 0) is 18.9 Å². The summed E-state index contributed by atoms with van der Waals surface area (Å²) in [7, 11) is 0. The van der Waals surface area contributed by atoms with Crippen LogP contribution in [0.2, 0.25) is 0 Å². The lowest BCUT2D eigenvalue weighted by Gasteiger charge is -2.04. The summed E-state index contributed by atoms with van der Waals surface area (Å²) < 4.78 is 36.4. The molecule has 0 aliphatic heterocycles. The quantitative estimate of drug-likeness (QED) is 0.628. The fourth-order valence-electron chi connectivity index (χ4n) is 1.63. The summed E-state index contributed by atoms with van der Waals surface area (Å²) in [6.45, 7) is 0. The van der Waals surface area contributed by atoms with E-state index < -0.39 is 28.9 Å². The summed E-state index contributed by atoms with van der Waals surface area (Å²) in [5, 5.41) is 14.9. The largest absolute Gasteiger partial charge is 0.476 e. The number of carbonyl (C=O) groups excluding carboxylic acids is 1. The highest BCUT2D eigenvalue weighted by Crippen LogP contribution is 2.22. The van der Waals surface area contributed by atoms with Gasteiger partial charge in [-0.3, -0.25) is 10.1 Å². The van der Waals surface area contributed by atoms with Gasteiger partial charge in [0.1, 0.15) is 11.5 Å². The fourth-order valence-corrected chi connectivity index (χ4v) is 2.32. The first-order chi connectivity index (χ1) is 10.8. The van der Waals surface area contributed by atoms with Crippen molar-refractivity contribution >= 4 is 34.1 Å². The molecule has 23 heavy (non-hydrogen) atoms. The van der Waals surface area contributed by atoms with Gasteiger partial charge in [0.15, 0.2) is 5.13 Å². The number of alkyl halides is 3. The zero-order valence-corrected chi connectivity index (χ0v) is 12.2. The molecule has 0 fully saturated rings. The van der Waals surface area contributed by atoms with Crippen molar-refractivity contribution in [1.29, 1.82) is 0 Å². The minimum Gasteiger partial charge on any atom is -0.476 e. The van der Waals surface area contributed by atoms with E-state index in [1.54, 1.807) is 6.08 Å². The molecule has 0 spiro atoms. The van der Waals surface area contributed by atoms with Crippen LogP contribution in [0.5, 0.6) is 0 Å². The molecule has 0 unspecified atom stereocenters. The van der Waals surface area contributed by atoms with Crippen LogP contribution in [-0.2, 0) is 14.4 Å². The molecule has 0 bridgehead atoms. The lowest BCUT2D eigenvalue weighted by molar-refractivity contribution is -0.167. The van der Waals surface area contributed by atoms with E-state index in [2.05, 4.69) is 10.1 Å². The van der Waals surface area contributed by atoms with E-state index in [4.69, 9.17) is 9.94 Å². The maximum Gasteiger partial charge on any atom is 0.471 e. The lowest BCUT2D eigenvalue weighted by atomic mass is 10.3. The maximum atomic E-state index is 12.1. The zero-order valence-electron chi connectivity index (χ0n) is 11.4. The Bertz CT molecular complexity index is 681. The van der Waals surface area contributed by atoms with Crippen LogP contribution in [0, 0.1) is 0 Å². The molecule has 7 nitrogen and oxygen atoms in total. The maximum absolute atomic E-state index is 12.1. The van der Waals surface area contributed by atoms with Gasteiger partial charge in [-0.1, -0.05) is 5.16 Å². The summed E-state index contributed by atoms with van der Waals surface area (Å²) in [6, 6.07) is 0. The number of aliphatic carboxylic acids is 1. The molecule has 124 valence electrons. The highest BCUT2D eigenvalue weighted by atomic mass is 32.1. The third-order valence-electron chi connectivity index (χ3n) is 2.68. The van der Waals surface area contributed by atoms with Crippen LogP contribution in [0.25, 0.3) is 0 Å². The van der Waals surface area contributed by atoms with Gasteiger partial charge in [0.2, 0.25) is 5.71 Å². The van der Waals surface area contributed by atoms with E-state index in [0.717, 1.165) is 18.2 Å². The number of hydrogen-bond acceptors (Lipinski definition) is 6. The number of rotatable bonds is 5. The Labute approximate surface area is 131 Å². The van der Waals surface area contributed by atoms with E-state index in [9.17, 15) is 22.8 Å². The second kappa shape index (κ2) is 6.77. The van der Waals surface area contributed by atoms with Crippen molar-refractivity contribution in [2.24, 2.45) is 5.16 Å². The molecule has 1 aromatic rings. The van der Waals surface area contributed by atoms with Crippen molar-refractivity contribution in [3.8, 4) is 0 Å². The van der Waals surface area contributed by atoms with Crippen molar-refractivity contribution in [3.05, 3.63) is 22.9 Å². The van der Waals surface area contributed by atoms with Gasteiger partial charge in [-0.25, -0.2) is 9.78 Å². The van der Waals surface area contributed by atoms with E-state index >= 15 is 0 Å². The highest BCUT2D eigenvalue weighted by molar-refractivity contribution is 7.14. The Morgan fingerprint density at radius 1 is 1.43 bits per heavy atom. The number of amides is 1. The van der Waals surface area contributed by atoms with Crippen LogP contribution in [-0.4, -0.2) is 33.9 Å². The average Bonchev–Trinajstić information content (AvgIpc) is 3.09. The number of nitrogens with one attached hydrogen (secondary N) is 1. The first kappa shape index (κ1) is 16.9. The molecular formula is C12H10F3N3O4S. The second-order valence-electron chi connectivity index (χ2n) is 4.39. The number of carboxylic acids is 1. The topological polar surface area (TPSA) is 101 Å². The Morgan fingerprint density at radius 2 is 2.17 bits per heavy atom.